The molecule has 0 spiro atoms. The van der Waals surface area contributed by atoms with Crippen LogP contribution in [0.1, 0.15) is 5.56 Å². The van der Waals surface area contributed by atoms with E-state index in [1.807, 2.05) is 22.6 Å². The first-order valence-electron chi connectivity index (χ1n) is 2.90. The lowest BCUT2D eigenvalue weighted by atomic mass is 10.2. The van der Waals surface area contributed by atoms with E-state index in [1.54, 1.807) is 12.1 Å². The second-order valence-electron chi connectivity index (χ2n) is 2.04. The van der Waals surface area contributed by atoms with Crippen LogP contribution in [0.2, 0.25) is 0 Å². The molecule has 0 atom stereocenters. The van der Waals surface area contributed by atoms with Crippen molar-refractivity contribution in [2.45, 2.75) is 0 Å². The maximum absolute atomic E-state index is 12.8. The average Bonchev–Trinajstić information content (AvgIpc) is 1.94. The van der Waals surface area contributed by atoms with Crippen LogP contribution in [0.15, 0.2) is 18.2 Å². The Hall–Kier alpha value is -0.360. The van der Waals surface area contributed by atoms with Crippen LogP contribution < -0.4 is 5.73 Å². The summed E-state index contributed by atoms with van der Waals surface area (Å²) in [6.45, 7) is 0. The highest BCUT2D eigenvalue weighted by molar-refractivity contribution is 14.1. The largest absolute Gasteiger partial charge is 0.384 e. The number of nitrogen functional groups attached to an aromatic ring is 1. The third kappa shape index (κ3) is 2.60. The number of benzene rings is 1. The molecule has 0 aliphatic heterocycles. The van der Waals surface area contributed by atoms with Crippen LogP contribution in [0.25, 0.3) is 0 Å². The third-order valence-electron chi connectivity index (χ3n) is 1.23. The maximum atomic E-state index is 12.8. The van der Waals surface area contributed by atoms with Gasteiger partial charge in [-0.1, -0.05) is 6.07 Å². The Morgan fingerprint density at radius 3 is 2.50 bits per heavy atom. The second kappa shape index (κ2) is 4.61. The van der Waals surface area contributed by atoms with Gasteiger partial charge in [0, 0.05) is 9.13 Å². The standard InChI is InChI=1S/C7H6FIN2.ClH/c8-5-3-4(7(10)11)1-2-6(5)9;/h1-3H,(H3,10,11);1H. The molecule has 0 saturated heterocycles. The van der Waals surface area contributed by atoms with Crippen LogP contribution in [0, 0.1) is 14.8 Å². The Labute approximate surface area is 89.4 Å². The number of hydrogen-bond acceptors (Lipinski definition) is 1. The number of halogens is 3. The first-order valence-corrected chi connectivity index (χ1v) is 3.98. The Bertz CT molecular complexity index is 303. The van der Waals surface area contributed by atoms with Crippen molar-refractivity contribution in [3.63, 3.8) is 0 Å². The molecule has 0 amide bonds. The van der Waals surface area contributed by atoms with E-state index in [9.17, 15) is 4.39 Å². The van der Waals surface area contributed by atoms with Gasteiger partial charge in [-0.2, -0.15) is 0 Å². The maximum Gasteiger partial charge on any atom is 0.137 e. The minimum absolute atomic E-state index is 0. The number of nitrogens with two attached hydrogens (primary N) is 1. The molecule has 3 N–H and O–H groups in total. The first-order chi connectivity index (χ1) is 5.11. The molecule has 1 aromatic carbocycles. The molecule has 0 radical (unpaired) electrons. The minimum atomic E-state index is -0.335. The normalized spacial score (nSPS) is 8.83. The lowest BCUT2D eigenvalue weighted by Crippen LogP contribution is -2.11. The smallest absolute Gasteiger partial charge is 0.137 e. The van der Waals surface area contributed by atoms with Crippen LogP contribution >= 0.6 is 35.0 Å². The fourth-order valence-corrected chi connectivity index (χ4v) is 0.999. The average molecular weight is 301 g/mol. The van der Waals surface area contributed by atoms with Crippen molar-refractivity contribution in [3.05, 3.63) is 33.1 Å². The van der Waals surface area contributed by atoms with E-state index >= 15 is 0 Å². The van der Waals surface area contributed by atoms with Gasteiger partial charge in [-0.25, -0.2) is 4.39 Å². The molecule has 0 saturated carbocycles. The molecule has 66 valence electrons. The van der Waals surface area contributed by atoms with Crippen molar-refractivity contribution >= 4 is 40.8 Å². The number of amidine groups is 1. The topological polar surface area (TPSA) is 49.9 Å². The van der Waals surface area contributed by atoms with E-state index in [0.29, 0.717) is 9.13 Å². The minimum Gasteiger partial charge on any atom is -0.384 e. The van der Waals surface area contributed by atoms with Gasteiger partial charge in [0.15, 0.2) is 0 Å². The molecular weight excluding hydrogens is 293 g/mol. The van der Waals surface area contributed by atoms with Gasteiger partial charge in [0.05, 0.1) is 0 Å². The fraction of sp³-hybridized carbons (Fsp3) is 0. The van der Waals surface area contributed by atoms with Gasteiger partial charge in [0.25, 0.3) is 0 Å². The van der Waals surface area contributed by atoms with Crippen molar-refractivity contribution < 1.29 is 4.39 Å². The summed E-state index contributed by atoms with van der Waals surface area (Å²) in [5.74, 6) is -0.446. The quantitative estimate of drug-likeness (QED) is 0.466. The van der Waals surface area contributed by atoms with Crippen molar-refractivity contribution in [1.29, 1.82) is 5.41 Å². The summed E-state index contributed by atoms with van der Waals surface area (Å²) in [4.78, 5) is 0. The molecule has 5 heteroatoms. The van der Waals surface area contributed by atoms with Gasteiger partial charge in [0.2, 0.25) is 0 Å². The summed E-state index contributed by atoms with van der Waals surface area (Å²) in [6.07, 6.45) is 0. The SMILES string of the molecule is Cl.N=C(N)c1ccc(I)c(F)c1. The molecule has 1 aromatic rings. The van der Waals surface area contributed by atoms with Gasteiger partial charge < -0.3 is 5.73 Å². The Kier molecular flexibility index (Phi) is 4.47. The number of nitrogens with one attached hydrogen (secondary N) is 1. The number of rotatable bonds is 1. The van der Waals surface area contributed by atoms with Crippen molar-refractivity contribution in [2.24, 2.45) is 5.73 Å². The highest BCUT2D eigenvalue weighted by atomic mass is 127. The molecule has 0 heterocycles. The molecule has 0 aliphatic rings. The molecule has 0 aromatic heterocycles. The molecule has 0 aliphatic carbocycles. The lowest BCUT2D eigenvalue weighted by Gasteiger charge is -1.98. The summed E-state index contributed by atoms with van der Waals surface area (Å²) in [5.41, 5.74) is 5.57. The van der Waals surface area contributed by atoms with Crippen LogP contribution in [0.3, 0.4) is 0 Å². The zero-order valence-corrected chi connectivity index (χ0v) is 8.95. The zero-order valence-electron chi connectivity index (χ0n) is 5.97. The Balaban J connectivity index is 0.00000121. The fourth-order valence-electron chi connectivity index (χ4n) is 0.664. The van der Waals surface area contributed by atoms with E-state index in [-0.39, 0.29) is 24.1 Å². The summed E-state index contributed by atoms with van der Waals surface area (Å²) in [6, 6.07) is 4.46. The predicted octanol–water partition coefficient (Wildman–Crippen LogP) is 2.14. The van der Waals surface area contributed by atoms with Gasteiger partial charge in [-0.15, -0.1) is 12.4 Å². The van der Waals surface area contributed by atoms with Gasteiger partial charge in [-0.05, 0) is 34.7 Å². The summed E-state index contributed by atoms with van der Waals surface area (Å²) < 4.78 is 13.3. The lowest BCUT2D eigenvalue weighted by molar-refractivity contribution is 0.620. The van der Waals surface area contributed by atoms with E-state index in [2.05, 4.69) is 0 Å². The van der Waals surface area contributed by atoms with E-state index in [0.717, 1.165) is 0 Å². The summed E-state index contributed by atoms with van der Waals surface area (Å²) in [7, 11) is 0. The molecule has 0 unspecified atom stereocenters. The van der Waals surface area contributed by atoms with Crippen molar-refractivity contribution in [1.82, 2.24) is 0 Å². The Morgan fingerprint density at radius 1 is 1.50 bits per heavy atom. The van der Waals surface area contributed by atoms with Gasteiger partial charge >= 0.3 is 0 Å². The van der Waals surface area contributed by atoms with Crippen molar-refractivity contribution in [3.8, 4) is 0 Å². The van der Waals surface area contributed by atoms with Crippen LogP contribution in [0.5, 0.6) is 0 Å². The molecule has 0 bridgehead atoms. The highest BCUT2D eigenvalue weighted by Crippen LogP contribution is 2.11. The molecule has 12 heavy (non-hydrogen) atoms. The van der Waals surface area contributed by atoms with Gasteiger partial charge in [-0.3, -0.25) is 5.41 Å². The molecule has 2 nitrogen and oxygen atoms in total. The van der Waals surface area contributed by atoms with Crippen molar-refractivity contribution in [2.75, 3.05) is 0 Å². The van der Waals surface area contributed by atoms with Crippen LogP contribution in [-0.4, -0.2) is 5.84 Å². The van der Waals surface area contributed by atoms with Gasteiger partial charge in [0.1, 0.15) is 11.7 Å². The highest BCUT2D eigenvalue weighted by Gasteiger charge is 2.01. The second-order valence-corrected chi connectivity index (χ2v) is 3.20. The molecule has 1 rings (SSSR count). The monoisotopic (exact) mass is 300 g/mol. The summed E-state index contributed by atoms with van der Waals surface area (Å²) in [5, 5.41) is 7.01. The van der Waals surface area contributed by atoms with Crippen LogP contribution in [-0.2, 0) is 0 Å². The van der Waals surface area contributed by atoms with E-state index in [1.165, 1.54) is 6.07 Å². The van der Waals surface area contributed by atoms with E-state index < -0.39 is 0 Å². The Morgan fingerprint density at radius 2 is 2.08 bits per heavy atom. The predicted molar refractivity (Wildman–Crippen MR) is 57.4 cm³/mol. The van der Waals surface area contributed by atoms with E-state index in [4.69, 9.17) is 11.1 Å². The zero-order chi connectivity index (χ0) is 8.43. The van der Waals surface area contributed by atoms with Crippen LogP contribution in [0.4, 0.5) is 4.39 Å². The third-order valence-corrected chi connectivity index (χ3v) is 2.11. The first kappa shape index (κ1) is 11.6. The molecule has 0 fully saturated rings. The number of hydrogen-bond donors (Lipinski definition) is 2. The molecular formula is C7H7ClFIN2. The summed E-state index contributed by atoms with van der Waals surface area (Å²) >= 11 is 1.88.